The van der Waals surface area contributed by atoms with E-state index < -0.39 is 0 Å². The van der Waals surface area contributed by atoms with E-state index in [4.69, 9.17) is 19.7 Å². The lowest BCUT2D eigenvalue weighted by atomic mass is 10.0. The smallest absolute Gasteiger partial charge is 0.234 e. The molecule has 0 unspecified atom stereocenters. The quantitative estimate of drug-likeness (QED) is 0.0711. The van der Waals surface area contributed by atoms with Crippen molar-refractivity contribution in [1.82, 2.24) is 19.7 Å². The minimum Gasteiger partial charge on any atom is -0.493 e. The Morgan fingerprint density at radius 3 is 2.37 bits per heavy atom. The number of carbonyl (C=O) groups excluding carboxylic acids is 1. The van der Waals surface area contributed by atoms with Crippen LogP contribution in [0.4, 0.5) is 5.69 Å². The molecule has 6 rings (SSSR count). The summed E-state index contributed by atoms with van der Waals surface area (Å²) >= 11 is 1.29. The molecule has 0 aliphatic rings. The third kappa shape index (κ3) is 6.26. The van der Waals surface area contributed by atoms with Crippen LogP contribution in [0.5, 0.6) is 11.5 Å². The van der Waals surface area contributed by atoms with E-state index in [1.807, 2.05) is 83.4 Å². The van der Waals surface area contributed by atoms with Gasteiger partial charge in [-0.3, -0.25) is 9.36 Å². The summed E-state index contributed by atoms with van der Waals surface area (Å²) in [6.45, 7) is 1.70. The number of aromatic nitrogens is 4. The standard InChI is InChI=1S/C35H30N6O4S/c1-22(40-43)23-13-16-25(17-14-23)36-33(42)21-46-35-39-38-34(41(35)26-9-5-4-6-10-26)28-20-30(37-29-12-8-7-11-27(28)29)24-15-18-31(44-2)32(19-24)45-3/h4-20,43H,21H2,1-3H3,(H,36,42)/b40-22-. The number of nitrogens with zero attached hydrogens (tertiary/aromatic N) is 5. The van der Waals surface area contributed by atoms with Crippen LogP contribution in [-0.2, 0) is 4.79 Å². The van der Waals surface area contributed by atoms with Gasteiger partial charge in [0.05, 0.1) is 36.9 Å². The number of hydrogen-bond donors (Lipinski definition) is 2. The summed E-state index contributed by atoms with van der Waals surface area (Å²) in [5.74, 6) is 1.76. The number of thioether (sulfide) groups is 1. The third-order valence-corrected chi connectivity index (χ3v) is 8.28. The fourth-order valence-corrected chi connectivity index (χ4v) is 5.78. The van der Waals surface area contributed by atoms with Crippen LogP contribution in [0.15, 0.2) is 113 Å². The zero-order chi connectivity index (χ0) is 32.0. The van der Waals surface area contributed by atoms with Gasteiger partial charge in [0.2, 0.25) is 5.91 Å². The molecule has 230 valence electrons. The fourth-order valence-electron chi connectivity index (χ4n) is 5.03. The van der Waals surface area contributed by atoms with Gasteiger partial charge < -0.3 is 20.0 Å². The van der Waals surface area contributed by atoms with Crippen LogP contribution in [-0.4, -0.2) is 56.5 Å². The molecular weight excluding hydrogens is 600 g/mol. The topological polar surface area (TPSA) is 124 Å². The van der Waals surface area contributed by atoms with Crippen LogP contribution in [0.2, 0.25) is 0 Å². The summed E-state index contributed by atoms with van der Waals surface area (Å²) in [7, 11) is 3.21. The van der Waals surface area contributed by atoms with Crippen molar-refractivity contribution >= 4 is 40.0 Å². The van der Waals surface area contributed by atoms with E-state index >= 15 is 0 Å². The Balaban J connectivity index is 1.37. The Hall–Kier alpha value is -5.68. The first-order valence-corrected chi connectivity index (χ1v) is 15.3. The monoisotopic (exact) mass is 630 g/mol. The Kier molecular flexibility index (Phi) is 8.93. The van der Waals surface area contributed by atoms with Gasteiger partial charge in [0, 0.05) is 27.9 Å². The molecule has 0 aliphatic carbocycles. The minimum atomic E-state index is -0.195. The predicted molar refractivity (Wildman–Crippen MR) is 180 cm³/mol. The second kappa shape index (κ2) is 13.5. The first-order chi connectivity index (χ1) is 22.5. The van der Waals surface area contributed by atoms with Crippen LogP contribution in [0.1, 0.15) is 12.5 Å². The molecule has 0 aliphatic heterocycles. The van der Waals surface area contributed by atoms with Crippen LogP contribution in [0, 0.1) is 0 Å². The van der Waals surface area contributed by atoms with Gasteiger partial charge in [0.25, 0.3) is 0 Å². The summed E-state index contributed by atoms with van der Waals surface area (Å²) in [4.78, 5) is 17.9. The minimum absolute atomic E-state index is 0.109. The molecule has 6 aromatic rings. The van der Waals surface area contributed by atoms with E-state index in [0.717, 1.165) is 39.0 Å². The Bertz CT molecular complexity index is 2040. The largest absolute Gasteiger partial charge is 0.493 e. The summed E-state index contributed by atoms with van der Waals surface area (Å²) in [5, 5.41) is 25.8. The van der Waals surface area contributed by atoms with Crippen molar-refractivity contribution in [2.75, 3.05) is 25.3 Å². The van der Waals surface area contributed by atoms with Gasteiger partial charge in [-0.2, -0.15) is 0 Å². The van der Waals surface area contributed by atoms with Gasteiger partial charge >= 0.3 is 0 Å². The molecule has 10 nitrogen and oxygen atoms in total. The molecule has 11 heteroatoms. The number of amides is 1. The zero-order valence-corrected chi connectivity index (χ0v) is 26.2. The van der Waals surface area contributed by atoms with Crippen molar-refractivity contribution in [3.8, 4) is 39.8 Å². The molecule has 2 N–H and O–H groups in total. The number of pyridine rings is 1. The van der Waals surface area contributed by atoms with E-state index in [1.54, 1.807) is 45.4 Å². The molecule has 2 aromatic heterocycles. The fraction of sp³-hybridized carbons (Fsp3) is 0.114. The van der Waals surface area contributed by atoms with Gasteiger partial charge in [-0.25, -0.2) is 4.98 Å². The van der Waals surface area contributed by atoms with E-state index in [2.05, 4.69) is 20.7 Å². The number of anilines is 1. The van der Waals surface area contributed by atoms with Crippen LogP contribution in [0.25, 0.3) is 39.2 Å². The number of rotatable bonds is 10. The van der Waals surface area contributed by atoms with E-state index in [1.165, 1.54) is 11.8 Å². The molecule has 4 aromatic carbocycles. The average Bonchev–Trinajstić information content (AvgIpc) is 3.54. The molecule has 2 heterocycles. The maximum Gasteiger partial charge on any atom is 0.234 e. The zero-order valence-electron chi connectivity index (χ0n) is 25.3. The molecule has 0 saturated heterocycles. The predicted octanol–water partition coefficient (Wildman–Crippen LogP) is 7.10. The highest BCUT2D eigenvalue weighted by Crippen LogP contribution is 2.37. The molecule has 0 radical (unpaired) electrons. The Morgan fingerprint density at radius 2 is 1.63 bits per heavy atom. The highest BCUT2D eigenvalue weighted by molar-refractivity contribution is 7.99. The number of nitrogens with one attached hydrogen (secondary N) is 1. The molecule has 0 fully saturated rings. The lowest BCUT2D eigenvalue weighted by Gasteiger charge is -2.14. The molecule has 0 spiro atoms. The number of methoxy groups -OCH3 is 2. The molecule has 0 atom stereocenters. The summed E-state index contributed by atoms with van der Waals surface area (Å²) < 4.78 is 13.0. The summed E-state index contributed by atoms with van der Waals surface area (Å²) in [5.41, 5.74) is 5.97. The third-order valence-electron chi connectivity index (χ3n) is 7.35. The number of fused-ring (bicyclic) bond motifs is 1. The average molecular weight is 631 g/mol. The van der Waals surface area contributed by atoms with E-state index in [0.29, 0.717) is 33.9 Å². The number of carbonyl (C=O) groups is 1. The van der Waals surface area contributed by atoms with Gasteiger partial charge in [0.1, 0.15) is 0 Å². The first kappa shape index (κ1) is 30.4. The molecule has 1 amide bonds. The number of ether oxygens (including phenoxy) is 2. The Labute approximate surface area is 269 Å². The van der Waals surface area contributed by atoms with Crippen LogP contribution in [0.3, 0.4) is 0 Å². The van der Waals surface area contributed by atoms with Crippen molar-refractivity contribution < 1.29 is 19.5 Å². The second-order valence-corrected chi connectivity index (χ2v) is 11.2. The summed E-state index contributed by atoms with van der Waals surface area (Å²) in [6, 6.07) is 32.5. The first-order valence-electron chi connectivity index (χ1n) is 14.3. The lowest BCUT2D eigenvalue weighted by molar-refractivity contribution is -0.113. The molecule has 0 saturated carbocycles. The van der Waals surface area contributed by atoms with Crippen LogP contribution < -0.4 is 14.8 Å². The maximum absolute atomic E-state index is 13.0. The maximum atomic E-state index is 13.0. The number of oxime groups is 1. The van der Waals surface area contributed by atoms with E-state index in [-0.39, 0.29) is 11.7 Å². The normalized spacial score (nSPS) is 11.4. The van der Waals surface area contributed by atoms with Crippen molar-refractivity contribution in [3.63, 3.8) is 0 Å². The van der Waals surface area contributed by atoms with Crippen molar-refractivity contribution in [2.45, 2.75) is 12.1 Å². The van der Waals surface area contributed by atoms with Crippen molar-refractivity contribution in [3.05, 3.63) is 109 Å². The van der Waals surface area contributed by atoms with E-state index in [9.17, 15) is 4.79 Å². The van der Waals surface area contributed by atoms with Gasteiger partial charge in [-0.1, -0.05) is 65.4 Å². The summed E-state index contributed by atoms with van der Waals surface area (Å²) in [6.07, 6.45) is 0. The highest BCUT2D eigenvalue weighted by atomic mass is 32.2. The molecular formula is C35H30N6O4S. The number of hydrogen-bond acceptors (Lipinski definition) is 9. The number of para-hydroxylation sites is 2. The van der Waals surface area contributed by atoms with Crippen molar-refractivity contribution in [2.24, 2.45) is 5.16 Å². The Morgan fingerprint density at radius 1 is 0.891 bits per heavy atom. The van der Waals surface area contributed by atoms with Gasteiger partial charge in [-0.05, 0) is 67.1 Å². The highest BCUT2D eigenvalue weighted by Gasteiger charge is 2.21. The number of benzene rings is 4. The van der Waals surface area contributed by atoms with Crippen LogP contribution >= 0.6 is 11.8 Å². The van der Waals surface area contributed by atoms with Crippen molar-refractivity contribution in [1.29, 1.82) is 0 Å². The SMILES string of the molecule is COc1ccc(-c2cc(-c3nnc(SCC(=O)Nc4ccc(/C(C)=N\O)cc4)n3-c3ccccc3)c3ccccc3n2)cc1OC. The lowest BCUT2D eigenvalue weighted by Crippen LogP contribution is -2.14. The molecule has 46 heavy (non-hydrogen) atoms. The second-order valence-electron chi connectivity index (χ2n) is 10.2. The molecule has 0 bridgehead atoms. The van der Waals surface area contributed by atoms with Gasteiger partial charge in [-0.15, -0.1) is 10.2 Å². The van der Waals surface area contributed by atoms with Gasteiger partial charge in [0.15, 0.2) is 22.5 Å².